The van der Waals surface area contributed by atoms with Gasteiger partial charge in [0.15, 0.2) is 5.54 Å². The summed E-state index contributed by atoms with van der Waals surface area (Å²) in [6.45, 7) is 7.26. The van der Waals surface area contributed by atoms with Gasteiger partial charge in [-0.3, -0.25) is 9.69 Å². The number of furan rings is 1. The number of carbonyl (C=O) groups is 2. The highest BCUT2D eigenvalue weighted by molar-refractivity contribution is 6.06. The van der Waals surface area contributed by atoms with E-state index in [-0.39, 0.29) is 13.2 Å². The smallest absolute Gasteiger partial charge is 0.325 e. The molecule has 1 aromatic heterocycles. The minimum absolute atomic E-state index is 0.0281. The molecule has 7 heteroatoms. The zero-order valence-electron chi connectivity index (χ0n) is 15.9. The molecular formula is C20H24N2O5. The average molecular weight is 372 g/mol. The van der Waals surface area contributed by atoms with E-state index >= 15 is 0 Å². The molecule has 0 spiro atoms. The number of hydrogen-bond acceptors (Lipinski definition) is 5. The van der Waals surface area contributed by atoms with Gasteiger partial charge in [0, 0.05) is 0 Å². The van der Waals surface area contributed by atoms with Crippen molar-refractivity contribution < 1.29 is 23.8 Å². The fraction of sp³-hybridized carbons (Fsp3) is 0.400. The van der Waals surface area contributed by atoms with Crippen LogP contribution >= 0.6 is 0 Å². The van der Waals surface area contributed by atoms with Crippen molar-refractivity contribution in [2.24, 2.45) is 0 Å². The number of imide groups is 1. The first-order valence-electron chi connectivity index (χ1n) is 8.80. The molecule has 2 heterocycles. The SMILES string of the molecule is Cc1ccc(C)c(OCC(O)CN2C(=O)NC(C)(c3ccco3)C2=O)c1C. The van der Waals surface area contributed by atoms with Crippen LogP contribution in [0.25, 0.3) is 0 Å². The van der Waals surface area contributed by atoms with Gasteiger partial charge in [0.1, 0.15) is 24.2 Å². The molecule has 1 saturated heterocycles. The van der Waals surface area contributed by atoms with Crippen molar-refractivity contribution in [3.63, 3.8) is 0 Å². The van der Waals surface area contributed by atoms with Crippen LogP contribution in [0.2, 0.25) is 0 Å². The Labute approximate surface area is 157 Å². The van der Waals surface area contributed by atoms with Crippen molar-refractivity contribution in [1.29, 1.82) is 0 Å². The summed E-state index contributed by atoms with van der Waals surface area (Å²) < 4.78 is 11.1. The maximum atomic E-state index is 12.7. The maximum absolute atomic E-state index is 12.7. The first-order valence-corrected chi connectivity index (χ1v) is 8.80. The van der Waals surface area contributed by atoms with Crippen molar-refractivity contribution in [3.8, 4) is 5.75 Å². The second kappa shape index (κ2) is 7.08. The molecule has 1 aliphatic rings. The molecule has 2 N–H and O–H groups in total. The van der Waals surface area contributed by atoms with E-state index in [9.17, 15) is 14.7 Å². The second-order valence-electron chi connectivity index (χ2n) is 7.07. The van der Waals surface area contributed by atoms with Crippen LogP contribution in [-0.4, -0.2) is 41.2 Å². The molecule has 27 heavy (non-hydrogen) atoms. The number of nitrogens with zero attached hydrogens (tertiary/aromatic N) is 1. The summed E-state index contributed by atoms with van der Waals surface area (Å²) in [5.41, 5.74) is 1.78. The number of amides is 3. The number of aryl methyl sites for hydroxylation is 2. The van der Waals surface area contributed by atoms with Gasteiger partial charge in [0.2, 0.25) is 0 Å². The summed E-state index contributed by atoms with van der Waals surface area (Å²) in [6, 6.07) is 6.68. The Hall–Kier alpha value is -2.80. The first kappa shape index (κ1) is 19.0. The summed E-state index contributed by atoms with van der Waals surface area (Å²) in [6.07, 6.45) is 0.427. The van der Waals surface area contributed by atoms with Crippen molar-refractivity contribution in [1.82, 2.24) is 10.2 Å². The largest absolute Gasteiger partial charge is 0.490 e. The van der Waals surface area contributed by atoms with Gasteiger partial charge in [-0.2, -0.15) is 0 Å². The fourth-order valence-corrected chi connectivity index (χ4v) is 3.18. The third-order valence-corrected chi connectivity index (χ3v) is 4.98. The van der Waals surface area contributed by atoms with Gasteiger partial charge in [-0.1, -0.05) is 12.1 Å². The molecular weight excluding hydrogens is 348 g/mol. The van der Waals surface area contributed by atoms with Gasteiger partial charge in [-0.15, -0.1) is 0 Å². The molecule has 3 amide bonds. The number of β-amino-alcohol motifs (C(OH)–C–C–N with tert-alkyl or cyclic N) is 1. The van der Waals surface area contributed by atoms with Gasteiger partial charge < -0.3 is 19.6 Å². The van der Waals surface area contributed by atoms with Gasteiger partial charge >= 0.3 is 6.03 Å². The van der Waals surface area contributed by atoms with E-state index in [1.807, 2.05) is 32.9 Å². The Kier molecular flexibility index (Phi) is 4.97. The van der Waals surface area contributed by atoms with Crippen LogP contribution in [0.15, 0.2) is 34.9 Å². The third-order valence-electron chi connectivity index (χ3n) is 4.98. The van der Waals surface area contributed by atoms with Crippen LogP contribution < -0.4 is 10.1 Å². The van der Waals surface area contributed by atoms with E-state index in [0.29, 0.717) is 11.5 Å². The van der Waals surface area contributed by atoms with E-state index in [0.717, 1.165) is 21.6 Å². The number of benzene rings is 1. The zero-order chi connectivity index (χ0) is 19.8. The lowest BCUT2D eigenvalue weighted by Gasteiger charge is -2.21. The minimum Gasteiger partial charge on any atom is -0.490 e. The lowest BCUT2D eigenvalue weighted by molar-refractivity contribution is -0.132. The predicted molar refractivity (Wildman–Crippen MR) is 98.5 cm³/mol. The summed E-state index contributed by atoms with van der Waals surface area (Å²) in [5.74, 6) is 0.594. The highest BCUT2D eigenvalue weighted by Gasteiger charge is 2.51. The summed E-state index contributed by atoms with van der Waals surface area (Å²) in [4.78, 5) is 26.0. The van der Waals surface area contributed by atoms with E-state index < -0.39 is 23.6 Å². The quantitative estimate of drug-likeness (QED) is 0.760. The fourth-order valence-electron chi connectivity index (χ4n) is 3.18. The monoisotopic (exact) mass is 372 g/mol. The highest BCUT2D eigenvalue weighted by Crippen LogP contribution is 2.29. The average Bonchev–Trinajstić information content (AvgIpc) is 3.23. The number of aliphatic hydroxyl groups excluding tert-OH is 1. The van der Waals surface area contributed by atoms with Gasteiger partial charge in [-0.25, -0.2) is 4.79 Å². The third kappa shape index (κ3) is 3.42. The lowest BCUT2D eigenvalue weighted by atomic mass is 9.99. The Morgan fingerprint density at radius 2 is 1.93 bits per heavy atom. The van der Waals surface area contributed by atoms with Crippen LogP contribution in [0, 0.1) is 20.8 Å². The molecule has 2 atom stereocenters. The van der Waals surface area contributed by atoms with Gasteiger partial charge in [0.05, 0.1) is 12.8 Å². The van der Waals surface area contributed by atoms with E-state index in [4.69, 9.17) is 9.15 Å². The first-order chi connectivity index (χ1) is 12.7. The zero-order valence-corrected chi connectivity index (χ0v) is 15.9. The molecule has 3 rings (SSSR count). The molecule has 1 aromatic carbocycles. The number of rotatable bonds is 6. The second-order valence-corrected chi connectivity index (χ2v) is 7.07. The lowest BCUT2D eigenvalue weighted by Crippen LogP contribution is -2.42. The molecule has 2 aromatic rings. The summed E-state index contributed by atoms with van der Waals surface area (Å²) in [5, 5.41) is 13.0. The number of nitrogens with one attached hydrogen (secondary N) is 1. The van der Waals surface area contributed by atoms with Crippen LogP contribution in [-0.2, 0) is 10.3 Å². The van der Waals surface area contributed by atoms with Crippen LogP contribution in [0.5, 0.6) is 5.75 Å². The molecule has 1 fully saturated rings. The number of urea groups is 1. The van der Waals surface area contributed by atoms with Crippen LogP contribution in [0.4, 0.5) is 4.79 Å². The van der Waals surface area contributed by atoms with Crippen molar-refractivity contribution in [3.05, 3.63) is 53.0 Å². The normalized spacial score (nSPS) is 20.7. The van der Waals surface area contributed by atoms with E-state index in [1.54, 1.807) is 19.1 Å². The Bertz CT molecular complexity index is 862. The van der Waals surface area contributed by atoms with E-state index in [1.165, 1.54) is 6.26 Å². The molecule has 7 nitrogen and oxygen atoms in total. The molecule has 1 aliphatic heterocycles. The topological polar surface area (TPSA) is 92.0 Å². The van der Waals surface area contributed by atoms with Gasteiger partial charge in [-0.05, 0) is 56.5 Å². The number of ether oxygens (including phenoxy) is 1. The molecule has 144 valence electrons. The summed E-state index contributed by atoms with van der Waals surface area (Å²) >= 11 is 0. The van der Waals surface area contributed by atoms with Crippen molar-refractivity contribution >= 4 is 11.9 Å². The molecule has 2 unspecified atom stereocenters. The Morgan fingerprint density at radius 1 is 1.22 bits per heavy atom. The number of hydrogen-bond donors (Lipinski definition) is 2. The standard InChI is InChI=1S/C20H24N2O5/c1-12-7-8-13(2)17(14(12)3)27-11-15(23)10-22-18(24)20(4,21-19(22)25)16-6-5-9-26-16/h5-9,15,23H,10-11H2,1-4H3,(H,21,25). The van der Waals surface area contributed by atoms with Crippen LogP contribution in [0.3, 0.4) is 0 Å². The predicted octanol–water partition coefficient (Wildman–Crippen LogP) is 2.41. The molecule has 0 aliphatic carbocycles. The number of aliphatic hydroxyl groups is 1. The van der Waals surface area contributed by atoms with Crippen molar-refractivity contribution in [2.75, 3.05) is 13.2 Å². The minimum atomic E-state index is -1.27. The highest BCUT2D eigenvalue weighted by atomic mass is 16.5. The molecule has 0 radical (unpaired) electrons. The summed E-state index contributed by atoms with van der Waals surface area (Å²) in [7, 11) is 0. The van der Waals surface area contributed by atoms with E-state index in [2.05, 4.69) is 5.32 Å². The van der Waals surface area contributed by atoms with Crippen LogP contribution in [0.1, 0.15) is 29.4 Å². The molecule has 0 bridgehead atoms. The van der Waals surface area contributed by atoms with Gasteiger partial charge in [0.25, 0.3) is 5.91 Å². The number of carbonyl (C=O) groups excluding carboxylic acids is 2. The van der Waals surface area contributed by atoms with Crippen molar-refractivity contribution in [2.45, 2.75) is 39.3 Å². The Balaban J connectivity index is 1.66. The Morgan fingerprint density at radius 3 is 2.59 bits per heavy atom. The maximum Gasteiger partial charge on any atom is 0.325 e. The molecule has 0 saturated carbocycles.